The molecule has 1 aliphatic rings. The summed E-state index contributed by atoms with van der Waals surface area (Å²) in [5.74, 6) is -1.26. The van der Waals surface area contributed by atoms with Gasteiger partial charge in [0, 0.05) is 18.9 Å². The SMILES string of the molecule is Cc1cc(O)cc2c1CCC(=O)N2[C@@H](CCCCN)C(=O)N[C@@H](Cc1ccccc1)C(N)=O. The van der Waals surface area contributed by atoms with Crippen LogP contribution >= 0.6 is 0 Å². The van der Waals surface area contributed by atoms with E-state index in [-0.39, 0.29) is 24.5 Å². The van der Waals surface area contributed by atoms with E-state index in [0.29, 0.717) is 37.9 Å². The summed E-state index contributed by atoms with van der Waals surface area (Å²) >= 11 is 0. The number of rotatable bonds is 10. The van der Waals surface area contributed by atoms with Crippen LogP contribution in [0.4, 0.5) is 5.69 Å². The summed E-state index contributed by atoms with van der Waals surface area (Å²) < 4.78 is 0. The number of anilines is 1. The van der Waals surface area contributed by atoms with Crippen LogP contribution in [0.3, 0.4) is 0 Å². The number of benzene rings is 2. The molecule has 0 bridgehead atoms. The molecule has 0 aliphatic carbocycles. The number of carbonyl (C=O) groups is 3. The number of amides is 3. The molecular weight excluding hydrogens is 420 g/mol. The maximum Gasteiger partial charge on any atom is 0.243 e. The predicted molar refractivity (Wildman–Crippen MR) is 127 cm³/mol. The first-order valence-electron chi connectivity index (χ1n) is 11.3. The van der Waals surface area contributed by atoms with Gasteiger partial charge in [0.15, 0.2) is 0 Å². The van der Waals surface area contributed by atoms with Gasteiger partial charge in [-0.05, 0) is 61.9 Å². The molecule has 2 atom stereocenters. The number of hydrogen-bond donors (Lipinski definition) is 4. The summed E-state index contributed by atoms with van der Waals surface area (Å²) in [6, 6.07) is 10.7. The van der Waals surface area contributed by atoms with Gasteiger partial charge in [-0.1, -0.05) is 30.3 Å². The van der Waals surface area contributed by atoms with E-state index >= 15 is 0 Å². The minimum Gasteiger partial charge on any atom is -0.508 e. The highest BCUT2D eigenvalue weighted by atomic mass is 16.3. The highest BCUT2D eigenvalue weighted by molar-refractivity contribution is 6.04. The van der Waals surface area contributed by atoms with Gasteiger partial charge in [-0.2, -0.15) is 0 Å². The summed E-state index contributed by atoms with van der Waals surface area (Å²) in [4.78, 5) is 40.1. The zero-order valence-corrected chi connectivity index (χ0v) is 18.9. The Bertz CT molecular complexity index is 1010. The van der Waals surface area contributed by atoms with Crippen LogP contribution in [0.1, 0.15) is 42.4 Å². The van der Waals surface area contributed by atoms with Crippen molar-refractivity contribution in [2.24, 2.45) is 11.5 Å². The van der Waals surface area contributed by atoms with Crippen molar-refractivity contribution in [2.45, 2.75) is 57.5 Å². The standard InChI is InChI=1S/C25H32N4O4/c1-16-13-18(30)15-22-19(16)10-11-23(31)29(22)21(9-5-6-12-26)25(33)28-20(24(27)32)14-17-7-3-2-4-8-17/h2-4,7-8,13,15,20-21,30H,5-6,9-12,14,26H2,1H3,(H2,27,32)(H,28,33)/t20-,21-/m0/s1. The molecule has 2 aromatic rings. The molecule has 0 radical (unpaired) electrons. The second-order valence-corrected chi connectivity index (χ2v) is 8.48. The maximum atomic E-state index is 13.5. The number of phenols is 1. The zero-order valence-electron chi connectivity index (χ0n) is 18.9. The Balaban J connectivity index is 1.91. The van der Waals surface area contributed by atoms with E-state index in [4.69, 9.17) is 11.5 Å². The van der Waals surface area contributed by atoms with Gasteiger partial charge in [-0.15, -0.1) is 0 Å². The third-order valence-electron chi connectivity index (χ3n) is 6.04. The van der Waals surface area contributed by atoms with Crippen molar-refractivity contribution in [1.29, 1.82) is 0 Å². The average Bonchev–Trinajstić information content (AvgIpc) is 2.77. The van der Waals surface area contributed by atoms with E-state index < -0.39 is 23.9 Å². The molecule has 1 heterocycles. The van der Waals surface area contributed by atoms with Crippen LogP contribution in [0, 0.1) is 6.92 Å². The zero-order chi connectivity index (χ0) is 24.0. The van der Waals surface area contributed by atoms with Crippen molar-refractivity contribution < 1.29 is 19.5 Å². The van der Waals surface area contributed by atoms with Crippen molar-refractivity contribution in [3.63, 3.8) is 0 Å². The lowest BCUT2D eigenvalue weighted by Crippen LogP contribution is -2.56. The second-order valence-electron chi connectivity index (χ2n) is 8.48. The highest BCUT2D eigenvalue weighted by Crippen LogP contribution is 2.36. The van der Waals surface area contributed by atoms with Gasteiger partial charge in [0.2, 0.25) is 17.7 Å². The summed E-state index contributed by atoms with van der Waals surface area (Å²) in [5, 5.41) is 12.9. The van der Waals surface area contributed by atoms with Crippen LogP contribution in [-0.2, 0) is 27.2 Å². The Kier molecular flexibility index (Phi) is 8.06. The molecule has 1 aliphatic heterocycles. The van der Waals surface area contributed by atoms with Gasteiger partial charge in [0.05, 0.1) is 5.69 Å². The number of carbonyl (C=O) groups excluding carboxylic acids is 3. The smallest absolute Gasteiger partial charge is 0.243 e. The lowest BCUT2D eigenvalue weighted by atomic mass is 9.93. The molecule has 0 aromatic heterocycles. The van der Waals surface area contributed by atoms with Crippen LogP contribution in [-0.4, -0.2) is 41.5 Å². The van der Waals surface area contributed by atoms with Gasteiger partial charge in [-0.25, -0.2) is 0 Å². The Morgan fingerprint density at radius 2 is 1.88 bits per heavy atom. The number of hydrogen-bond acceptors (Lipinski definition) is 5. The van der Waals surface area contributed by atoms with Gasteiger partial charge < -0.3 is 21.9 Å². The van der Waals surface area contributed by atoms with Crippen molar-refractivity contribution in [2.75, 3.05) is 11.4 Å². The monoisotopic (exact) mass is 452 g/mol. The maximum absolute atomic E-state index is 13.5. The molecule has 3 amide bonds. The number of phenolic OH excluding ortho intramolecular Hbond substituents is 1. The summed E-state index contributed by atoms with van der Waals surface area (Å²) in [6.07, 6.45) is 2.77. The van der Waals surface area contributed by atoms with Crippen molar-refractivity contribution >= 4 is 23.4 Å². The van der Waals surface area contributed by atoms with Crippen LogP contribution in [0.25, 0.3) is 0 Å². The van der Waals surface area contributed by atoms with Crippen LogP contribution < -0.4 is 21.7 Å². The molecule has 0 spiro atoms. The molecule has 8 nitrogen and oxygen atoms in total. The fraction of sp³-hybridized carbons (Fsp3) is 0.400. The summed E-state index contributed by atoms with van der Waals surface area (Å²) in [7, 11) is 0. The van der Waals surface area contributed by atoms with E-state index in [2.05, 4.69) is 5.32 Å². The number of unbranched alkanes of at least 4 members (excludes halogenated alkanes) is 1. The van der Waals surface area contributed by atoms with E-state index in [1.54, 1.807) is 6.07 Å². The van der Waals surface area contributed by atoms with Gasteiger partial charge in [0.25, 0.3) is 0 Å². The molecule has 8 heteroatoms. The molecule has 33 heavy (non-hydrogen) atoms. The first-order chi connectivity index (χ1) is 15.8. The molecular formula is C25H32N4O4. The minimum absolute atomic E-state index is 0.0335. The van der Waals surface area contributed by atoms with Gasteiger partial charge >= 0.3 is 0 Å². The molecule has 176 valence electrons. The molecule has 0 saturated heterocycles. The third kappa shape index (κ3) is 5.90. The third-order valence-corrected chi connectivity index (χ3v) is 6.04. The van der Waals surface area contributed by atoms with Crippen LogP contribution in [0.2, 0.25) is 0 Å². The first kappa shape index (κ1) is 24.3. The van der Waals surface area contributed by atoms with E-state index in [9.17, 15) is 19.5 Å². The van der Waals surface area contributed by atoms with Gasteiger partial charge in [-0.3, -0.25) is 19.3 Å². The van der Waals surface area contributed by atoms with E-state index in [1.807, 2.05) is 37.3 Å². The lowest BCUT2D eigenvalue weighted by Gasteiger charge is -2.36. The minimum atomic E-state index is -0.915. The molecule has 3 rings (SSSR count). The highest BCUT2D eigenvalue weighted by Gasteiger charge is 2.36. The molecule has 0 fully saturated rings. The van der Waals surface area contributed by atoms with E-state index in [0.717, 1.165) is 16.7 Å². The Hall–Kier alpha value is -3.39. The number of nitrogens with two attached hydrogens (primary N) is 2. The number of nitrogens with one attached hydrogen (secondary N) is 1. The predicted octanol–water partition coefficient (Wildman–Crippen LogP) is 1.69. The fourth-order valence-electron chi connectivity index (χ4n) is 4.35. The number of nitrogens with zero attached hydrogens (tertiary/aromatic N) is 1. The Morgan fingerprint density at radius 3 is 2.55 bits per heavy atom. The molecule has 2 aromatic carbocycles. The quantitative estimate of drug-likeness (QED) is 0.406. The van der Waals surface area contributed by atoms with Crippen molar-refractivity contribution in [3.05, 3.63) is 59.2 Å². The summed E-state index contributed by atoms with van der Waals surface area (Å²) in [6.45, 7) is 2.34. The first-order valence-corrected chi connectivity index (χ1v) is 11.3. The number of aromatic hydroxyl groups is 1. The van der Waals surface area contributed by atoms with E-state index in [1.165, 1.54) is 11.0 Å². The molecule has 0 unspecified atom stereocenters. The lowest BCUT2D eigenvalue weighted by molar-refractivity contribution is -0.130. The fourth-order valence-corrected chi connectivity index (χ4v) is 4.35. The van der Waals surface area contributed by atoms with Crippen molar-refractivity contribution in [1.82, 2.24) is 5.32 Å². The number of fused-ring (bicyclic) bond motifs is 1. The number of aryl methyl sites for hydroxylation is 1. The summed E-state index contributed by atoms with van der Waals surface area (Å²) in [5.41, 5.74) is 14.4. The normalized spacial score (nSPS) is 15.0. The molecule has 6 N–H and O–H groups in total. The Morgan fingerprint density at radius 1 is 1.15 bits per heavy atom. The average molecular weight is 453 g/mol. The largest absolute Gasteiger partial charge is 0.508 e. The van der Waals surface area contributed by atoms with Crippen LogP contribution in [0.15, 0.2) is 42.5 Å². The second kappa shape index (κ2) is 11.0. The molecule has 0 saturated carbocycles. The number of primary amides is 1. The van der Waals surface area contributed by atoms with Crippen molar-refractivity contribution in [3.8, 4) is 5.75 Å². The Labute approximate surface area is 193 Å². The van der Waals surface area contributed by atoms with Crippen LogP contribution in [0.5, 0.6) is 5.75 Å². The van der Waals surface area contributed by atoms with Gasteiger partial charge in [0.1, 0.15) is 17.8 Å². The topological polar surface area (TPSA) is 139 Å².